The van der Waals surface area contributed by atoms with Gasteiger partial charge in [0.2, 0.25) is 11.7 Å². The minimum absolute atomic E-state index is 0.145. The summed E-state index contributed by atoms with van der Waals surface area (Å²) in [7, 11) is 0. The third-order valence-corrected chi connectivity index (χ3v) is 6.36. The Morgan fingerprint density at radius 1 is 1.09 bits per heavy atom. The number of carbonyl (C=O) groups excluding carboxylic acids is 3. The van der Waals surface area contributed by atoms with E-state index in [9.17, 15) is 14.4 Å². The average Bonchev–Trinajstić information content (AvgIpc) is 3.55. The lowest BCUT2D eigenvalue weighted by Gasteiger charge is -2.27. The Hall–Kier alpha value is -3.52. The maximum Gasteiger partial charge on any atom is 0.289 e. The van der Waals surface area contributed by atoms with Crippen LogP contribution in [0.15, 0.2) is 71.6 Å². The van der Waals surface area contributed by atoms with E-state index >= 15 is 0 Å². The summed E-state index contributed by atoms with van der Waals surface area (Å²) in [4.78, 5) is 45.2. The molecule has 4 rings (SSSR count). The van der Waals surface area contributed by atoms with Crippen molar-refractivity contribution in [1.82, 2.24) is 15.6 Å². The first-order chi connectivity index (χ1) is 16.1. The monoisotopic (exact) mass is 462 g/mol. The molecule has 3 heterocycles. The van der Waals surface area contributed by atoms with E-state index in [1.165, 1.54) is 0 Å². The molecule has 0 bridgehead atoms. The highest BCUT2D eigenvalue weighted by Gasteiger charge is 2.35. The Morgan fingerprint density at radius 3 is 2.64 bits per heavy atom. The van der Waals surface area contributed by atoms with Crippen LogP contribution in [-0.4, -0.2) is 41.2 Å². The van der Waals surface area contributed by atoms with Crippen LogP contribution in [0.2, 0.25) is 0 Å². The Bertz CT molecular complexity index is 1070. The van der Waals surface area contributed by atoms with Crippen LogP contribution < -0.4 is 15.5 Å². The number of aromatic nitrogens is 1. The molecule has 33 heavy (non-hydrogen) atoms. The summed E-state index contributed by atoms with van der Waals surface area (Å²) in [5, 5.41) is 9.50. The zero-order chi connectivity index (χ0) is 23.0. The van der Waals surface area contributed by atoms with E-state index in [1.54, 1.807) is 29.7 Å². The second kappa shape index (κ2) is 10.9. The van der Waals surface area contributed by atoms with Gasteiger partial charge in [0.25, 0.3) is 5.91 Å². The molecule has 1 aliphatic heterocycles. The molecule has 0 aliphatic carbocycles. The number of hydrogen-bond acceptors (Lipinski definition) is 6. The van der Waals surface area contributed by atoms with Crippen molar-refractivity contribution in [3.05, 3.63) is 82.8 Å². The summed E-state index contributed by atoms with van der Waals surface area (Å²) >= 11 is 1.58. The number of thiophene rings is 1. The van der Waals surface area contributed by atoms with Crippen LogP contribution >= 0.6 is 11.3 Å². The Balaban J connectivity index is 1.46. The normalized spacial score (nSPS) is 16.2. The van der Waals surface area contributed by atoms with E-state index < -0.39 is 17.7 Å². The second-order valence-electron chi connectivity index (χ2n) is 7.95. The van der Waals surface area contributed by atoms with Gasteiger partial charge in [0.1, 0.15) is 12.1 Å². The molecule has 3 aromatic rings. The minimum atomic E-state index is -0.950. The maximum absolute atomic E-state index is 13.2. The second-order valence-corrected chi connectivity index (χ2v) is 8.73. The first-order valence-corrected chi connectivity index (χ1v) is 11.9. The first-order valence-electron chi connectivity index (χ1n) is 11.0. The predicted molar refractivity (Wildman–Crippen MR) is 128 cm³/mol. The van der Waals surface area contributed by atoms with E-state index in [-0.39, 0.29) is 24.9 Å². The van der Waals surface area contributed by atoms with Gasteiger partial charge >= 0.3 is 0 Å². The Labute approximate surface area is 196 Å². The molecule has 0 saturated carbocycles. The summed E-state index contributed by atoms with van der Waals surface area (Å²) in [6.07, 6.45) is 3.48. The van der Waals surface area contributed by atoms with Gasteiger partial charge in [0.05, 0.1) is 12.2 Å². The van der Waals surface area contributed by atoms with Crippen molar-refractivity contribution in [1.29, 1.82) is 0 Å². The minimum Gasteiger partial charge on any atom is -0.359 e. The van der Waals surface area contributed by atoms with Crippen molar-refractivity contribution < 1.29 is 14.4 Å². The van der Waals surface area contributed by atoms with Crippen molar-refractivity contribution >= 4 is 34.6 Å². The van der Waals surface area contributed by atoms with Gasteiger partial charge in [0, 0.05) is 30.2 Å². The highest BCUT2D eigenvalue weighted by molar-refractivity contribution is 7.08. The molecule has 1 aromatic carbocycles. The smallest absolute Gasteiger partial charge is 0.289 e. The van der Waals surface area contributed by atoms with Crippen LogP contribution in [0.5, 0.6) is 0 Å². The maximum atomic E-state index is 13.2. The predicted octanol–water partition coefficient (Wildman–Crippen LogP) is 2.72. The number of hydrogen-bond donors (Lipinski definition) is 2. The first kappa shape index (κ1) is 22.7. The van der Waals surface area contributed by atoms with Gasteiger partial charge in [-0.15, -0.1) is 0 Å². The SMILES string of the molecule is O=C(NCc1ccccn1)C(=O)C(Cc1ccccc1)NC(=O)C1CCCN1c1ccsc1. The lowest BCUT2D eigenvalue weighted by molar-refractivity contribution is -0.140. The topological polar surface area (TPSA) is 91.4 Å². The molecule has 1 aliphatic rings. The zero-order valence-electron chi connectivity index (χ0n) is 18.1. The van der Waals surface area contributed by atoms with E-state index in [1.807, 2.05) is 53.2 Å². The Kier molecular flexibility index (Phi) is 7.47. The number of nitrogens with one attached hydrogen (secondary N) is 2. The van der Waals surface area contributed by atoms with Crippen molar-refractivity contribution in [3.8, 4) is 0 Å². The van der Waals surface area contributed by atoms with Crippen molar-refractivity contribution in [2.24, 2.45) is 0 Å². The highest BCUT2D eigenvalue weighted by Crippen LogP contribution is 2.27. The van der Waals surface area contributed by atoms with Gasteiger partial charge in [-0.25, -0.2) is 0 Å². The molecule has 0 radical (unpaired) electrons. The van der Waals surface area contributed by atoms with Gasteiger partial charge < -0.3 is 15.5 Å². The zero-order valence-corrected chi connectivity index (χ0v) is 19.0. The van der Waals surface area contributed by atoms with Crippen molar-refractivity contribution in [3.63, 3.8) is 0 Å². The molecule has 1 saturated heterocycles. The number of amides is 2. The van der Waals surface area contributed by atoms with Gasteiger partial charge in [-0.1, -0.05) is 36.4 Å². The summed E-state index contributed by atoms with van der Waals surface area (Å²) in [5.41, 5.74) is 2.53. The van der Waals surface area contributed by atoms with Gasteiger partial charge in [-0.2, -0.15) is 11.3 Å². The molecule has 7 nitrogen and oxygen atoms in total. The summed E-state index contributed by atoms with van der Waals surface area (Å²) < 4.78 is 0. The largest absolute Gasteiger partial charge is 0.359 e. The van der Waals surface area contributed by atoms with Gasteiger partial charge in [-0.05, 0) is 42.0 Å². The number of nitrogens with zero attached hydrogens (tertiary/aromatic N) is 2. The molecule has 2 amide bonds. The van der Waals surface area contributed by atoms with Gasteiger partial charge in [0.15, 0.2) is 0 Å². The number of Topliss-reactive ketones (excluding diaryl/α,β-unsaturated/α-hetero) is 1. The standard InChI is InChI=1S/C25H26N4O3S/c30-23(25(32)27-16-19-9-4-5-12-26-19)21(15-18-7-2-1-3-8-18)28-24(31)22-10-6-13-29(22)20-11-14-33-17-20/h1-5,7-9,11-12,14,17,21-22H,6,10,13,15-16H2,(H,27,32)(H,28,31). The molecule has 8 heteroatoms. The third-order valence-electron chi connectivity index (χ3n) is 5.69. The fourth-order valence-corrected chi connectivity index (χ4v) is 4.66. The fraction of sp³-hybridized carbons (Fsp3) is 0.280. The number of anilines is 1. The number of pyridine rings is 1. The quantitative estimate of drug-likeness (QED) is 0.477. The number of ketones is 1. The van der Waals surface area contributed by atoms with Crippen LogP contribution in [0, 0.1) is 0 Å². The third kappa shape index (κ3) is 5.84. The number of carbonyl (C=O) groups is 3. The molecule has 2 N–H and O–H groups in total. The molecule has 0 spiro atoms. The molecule has 2 unspecified atom stereocenters. The molecule has 1 fully saturated rings. The van der Waals surface area contributed by atoms with E-state index in [2.05, 4.69) is 20.5 Å². The van der Waals surface area contributed by atoms with E-state index in [4.69, 9.17) is 0 Å². The van der Waals surface area contributed by atoms with Crippen LogP contribution in [0.25, 0.3) is 0 Å². The van der Waals surface area contributed by atoms with Crippen molar-refractivity contribution in [2.45, 2.75) is 37.9 Å². The van der Waals surface area contributed by atoms with E-state index in [0.717, 1.165) is 24.2 Å². The fourth-order valence-electron chi connectivity index (χ4n) is 4.01. The molecule has 2 atom stereocenters. The molecule has 2 aromatic heterocycles. The van der Waals surface area contributed by atoms with Crippen LogP contribution in [0.3, 0.4) is 0 Å². The van der Waals surface area contributed by atoms with Crippen LogP contribution in [0.1, 0.15) is 24.1 Å². The molecular formula is C25H26N4O3S. The number of benzene rings is 1. The van der Waals surface area contributed by atoms with Crippen molar-refractivity contribution in [2.75, 3.05) is 11.4 Å². The Morgan fingerprint density at radius 2 is 1.91 bits per heavy atom. The highest BCUT2D eigenvalue weighted by atomic mass is 32.1. The van der Waals surface area contributed by atoms with Gasteiger partial charge in [-0.3, -0.25) is 19.4 Å². The van der Waals surface area contributed by atoms with E-state index in [0.29, 0.717) is 12.1 Å². The summed E-state index contributed by atoms with van der Waals surface area (Å²) in [5.74, 6) is -1.63. The average molecular weight is 463 g/mol. The summed E-state index contributed by atoms with van der Waals surface area (Å²) in [6.45, 7) is 0.933. The number of rotatable bonds is 9. The van der Waals surface area contributed by atoms with Crippen LogP contribution in [-0.2, 0) is 27.3 Å². The lowest BCUT2D eigenvalue weighted by atomic mass is 10.0. The lowest BCUT2D eigenvalue weighted by Crippen LogP contribution is -2.53. The summed E-state index contributed by atoms with van der Waals surface area (Å²) in [6, 6.07) is 15.4. The molecule has 170 valence electrons. The molecular weight excluding hydrogens is 436 g/mol. The van der Waals surface area contributed by atoms with Crippen LogP contribution in [0.4, 0.5) is 5.69 Å².